The Labute approximate surface area is 72.5 Å². The molecule has 0 radical (unpaired) electrons. The lowest BCUT2D eigenvalue weighted by Crippen LogP contribution is -2.26. The van der Waals surface area contributed by atoms with Gasteiger partial charge in [-0.1, -0.05) is 6.92 Å². The summed E-state index contributed by atoms with van der Waals surface area (Å²) >= 11 is 5.53. The number of likely N-dealkylation sites (tertiary alicyclic amines) is 1. The molecule has 2 nitrogen and oxygen atoms in total. The van der Waals surface area contributed by atoms with Gasteiger partial charge in [0.15, 0.2) is 0 Å². The second-order valence-electron chi connectivity index (χ2n) is 3.19. The van der Waals surface area contributed by atoms with Crippen LogP contribution in [0.5, 0.6) is 0 Å². The Bertz CT molecular complexity index is 149. The number of nitrogens with zero attached hydrogens (tertiary/aromatic N) is 1. The van der Waals surface area contributed by atoms with Crippen LogP contribution in [0.2, 0.25) is 0 Å². The summed E-state index contributed by atoms with van der Waals surface area (Å²) < 4.78 is 0. The van der Waals surface area contributed by atoms with E-state index in [2.05, 4.69) is 6.92 Å². The highest BCUT2D eigenvalue weighted by Gasteiger charge is 2.25. The van der Waals surface area contributed by atoms with E-state index in [1.165, 1.54) is 0 Å². The van der Waals surface area contributed by atoms with Crippen LogP contribution in [-0.2, 0) is 4.79 Å². The maximum atomic E-state index is 11.2. The fraction of sp³-hybridized carbons (Fsp3) is 0.875. The summed E-state index contributed by atoms with van der Waals surface area (Å²) in [7, 11) is 0. The lowest BCUT2D eigenvalue weighted by atomic mass is 10.2. The molecule has 0 aromatic carbocycles. The highest BCUT2D eigenvalue weighted by Crippen LogP contribution is 2.16. The average molecular weight is 176 g/mol. The minimum atomic E-state index is 0.294. The van der Waals surface area contributed by atoms with Gasteiger partial charge in [-0.2, -0.15) is 0 Å². The highest BCUT2D eigenvalue weighted by atomic mass is 35.5. The quantitative estimate of drug-likeness (QED) is 0.596. The summed E-state index contributed by atoms with van der Waals surface area (Å²) in [5.74, 6) is 1.48. The zero-order valence-electron chi connectivity index (χ0n) is 6.85. The minimum absolute atomic E-state index is 0.294. The lowest BCUT2D eigenvalue weighted by molar-refractivity contribution is -0.127. The first kappa shape index (κ1) is 8.85. The molecule has 11 heavy (non-hydrogen) atoms. The summed E-state index contributed by atoms with van der Waals surface area (Å²) in [6.45, 7) is 3.88. The Hall–Kier alpha value is -0.240. The first-order valence-electron chi connectivity index (χ1n) is 4.07. The van der Waals surface area contributed by atoms with Crippen molar-refractivity contribution < 1.29 is 4.79 Å². The molecule has 1 saturated heterocycles. The van der Waals surface area contributed by atoms with E-state index in [1.54, 1.807) is 0 Å². The van der Waals surface area contributed by atoms with Crippen molar-refractivity contribution in [3.8, 4) is 0 Å². The van der Waals surface area contributed by atoms with Gasteiger partial charge in [0.25, 0.3) is 0 Å². The molecule has 0 saturated carbocycles. The van der Waals surface area contributed by atoms with Crippen LogP contribution in [-0.4, -0.2) is 29.8 Å². The molecule has 0 N–H and O–H groups in total. The highest BCUT2D eigenvalue weighted by molar-refractivity contribution is 6.17. The third-order valence-corrected chi connectivity index (χ3v) is 2.24. The maximum Gasteiger partial charge on any atom is 0.222 e. The van der Waals surface area contributed by atoms with Gasteiger partial charge in [0.1, 0.15) is 0 Å². The minimum Gasteiger partial charge on any atom is -0.342 e. The number of carbonyl (C=O) groups excluding carboxylic acids is 1. The zero-order valence-corrected chi connectivity index (χ0v) is 7.60. The average Bonchev–Trinajstić information content (AvgIpc) is 2.26. The van der Waals surface area contributed by atoms with Crippen molar-refractivity contribution in [2.75, 3.05) is 19.0 Å². The number of alkyl halides is 1. The number of hydrogen-bond acceptors (Lipinski definition) is 1. The van der Waals surface area contributed by atoms with E-state index in [9.17, 15) is 4.79 Å². The fourth-order valence-electron chi connectivity index (χ4n) is 1.44. The summed E-state index contributed by atoms with van der Waals surface area (Å²) in [6, 6.07) is 0. The summed E-state index contributed by atoms with van der Waals surface area (Å²) in [4.78, 5) is 13.1. The third-order valence-electron chi connectivity index (χ3n) is 1.97. The molecule has 0 bridgehead atoms. The Morgan fingerprint density at radius 1 is 1.73 bits per heavy atom. The largest absolute Gasteiger partial charge is 0.342 e. The van der Waals surface area contributed by atoms with E-state index in [0.29, 0.717) is 17.7 Å². The van der Waals surface area contributed by atoms with Crippen molar-refractivity contribution in [1.82, 2.24) is 4.90 Å². The molecule has 3 heteroatoms. The number of hydrogen-bond donors (Lipinski definition) is 0. The van der Waals surface area contributed by atoms with Gasteiger partial charge in [-0.25, -0.2) is 0 Å². The Balaban J connectivity index is 2.29. The Morgan fingerprint density at radius 2 is 2.45 bits per heavy atom. The van der Waals surface area contributed by atoms with E-state index in [1.807, 2.05) is 4.90 Å². The number of amides is 1. The van der Waals surface area contributed by atoms with Crippen molar-refractivity contribution in [3.05, 3.63) is 0 Å². The maximum absolute atomic E-state index is 11.2. The molecular formula is C8H14ClNO. The monoisotopic (exact) mass is 175 g/mol. The Morgan fingerprint density at radius 3 is 2.91 bits per heavy atom. The summed E-state index contributed by atoms with van der Waals surface area (Å²) in [6.07, 6.45) is 1.64. The van der Waals surface area contributed by atoms with Crippen LogP contribution >= 0.6 is 11.6 Å². The van der Waals surface area contributed by atoms with Gasteiger partial charge in [-0.05, 0) is 12.3 Å². The SMILES string of the molecule is CC1CC(=O)N(CCCCl)C1. The van der Waals surface area contributed by atoms with Crippen LogP contribution < -0.4 is 0 Å². The van der Waals surface area contributed by atoms with E-state index in [-0.39, 0.29) is 0 Å². The fourth-order valence-corrected chi connectivity index (χ4v) is 1.56. The van der Waals surface area contributed by atoms with Gasteiger partial charge in [0, 0.05) is 25.4 Å². The second-order valence-corrected chi connectivity index (χ2v) is 3.57. The smallest absolute Gasteiger partial charge is 0.222 e. The zero-order chi connectivity index (χ0) is 8.27. The predicted octanol–water partition coefficient (Wildman–Crippen LogP) is 1.48. The molecule has 1 rings (SSSR count). The molecule has 0 aliphatic carbocycles. The molecular weight excluding hydrogens is 162 g/mol. The molecule has 0 aromatic rings. The van der Waals surface area contributed by atoms with Crippen LogP contribution in [0.4, 0.5) is 0 Å². The molecule has 0 aromatic heterocycles. The molecule has 1 heterocycles. The van der Waals surface area contributed by atoms with Gasteiger partial charge in [0.2, 0.25) is 5.91 Å². The molecule has 64 valence electrons. The third kappa shape index (κ3) is 2.37. The van der Waals surface area contributed by atoms with E-state index in [4.69, 9.17) is 11.6 Å². The molecule has 1 amide bonds. The normalized spacial score (nSPS) is 24.7. The molecule has 1 aliphatic heterocycles. The van der Waals surface area contributed by atoms with Crippen molar-refractivity contribution in [3.63, 3.8) is 0 Å². The van der Waals surface area contributed by atoms with Crippen LogP contribution in [0.15, 0.2) is 0 Å². The topological polar surface area (TPSA) is 20.3 Å². The van der Waals surface area contributed by atoms with Crippen LogP contribution in [0.3, 0.4) is 0 Å². The van der Waals surface area contributed by atoms with Gasteiger partial charge in [-0.3, -0.25) is 4.79 Å². The first-order chi connectivity index (χ1) is 5.24. The lowest BCUT2D eigenvalue weighted by Gasteiger charge is -2.14. The van der Waals surface area contributed by atoms with Crippen molar-refractivity contribution in [1.29, 1.82) is 0 Å². The van der Waals surface area contributed by atoms with E-state index >= 15 is 0 Å². The number of carbonyl (C=O) groups is 1. The number of halogens is 1. The van der Waals surface area contributed by atoms with Crippen molar-refractivity contribution in [2.45, 2.75) is 19.8 Å². The van der Waals surface area contributed by atoms with E-state index in [0.717, 1.165) is 25.9 Å². The second kappa shape index (κ2) is 3.96. The summed E-state index contributed by atoms with van der Waals surface area (Å²) in [5.41, 5.74) is 0. The number of rotatable bonds is 3. The van der Waals surface area contributed by atoms with Gasteiger partial charge < -0.3 is 4.90 Å². The first-order valence-corrected chi connectivity index (χ1v) is 4.61. The van der Waals surface area contributed by atoms with Crippen LogP contribution in [0.25, 0.3) is 0 Å². The molecule has 1 unspecified atom stereocenters. The van der Waals surface area contributed by atoms with Gasteiger partial charge in [-0.15, -0.1) is 11.6 Å². The van der Waals surface area contributed by atoms with Crippen LogP contribution in [0.1, 0.15) is 19.8 Å². The van der Waals surface area contributed by atoms with Gasteiger partial charge >= 0.3 is 0 Å². The Kier molecular flexibility index (Phi) is 3.18. The van der Waals surface area contributed by atoms with Gasteiger partial charge in [0.05, 0.1) is 0 Å². The van der Waals surface area contributed by atoms with Crippen molar-refractivity contribution >= 4 is 17.5 Å². The molecule has 1 fully saturated rings. The molecule has 1 atom stereocenters. The summed E-state index contributed by atoms with van der Waals surface area (Å²) in [5, 5.41) is 0. The predicted molar refractivity (Wildman–Crippen MR) is 45.7 cm³/mol. The standard InChI is InChI=1S/C8H14ClNO/c1-7-5-8(11)10(6-7)4-2-3-9/h7H,2-6H2,1H3. The molecule has 1 aliphatic rings. The molecule has 0 spiro atoms. The van der Waals surface area contributed by atoms with Crippen LogP contribution in [0, 0.1) is 5.92 Å². The van der Waals surface area contributed by atoms with E-state index < -0.39 is 0 Å². The van der Waals surface area contributed by atoms with Crippen molar-refractivity contribution in [2.24, 2.45) is 5.92 Å².